The molecule has 1 rings (SSSR count). The van der Waals surface area contributed by atoms with Crippen molar-refractivity contribution in [3.8, 4) is 0 Å². The standard InChI is InChI=1S/C6H6BrFN2.ClH/c7-4-2-1-3-5(10-9)6(4)8;/h1-3,10H,9H2;1H. The monoisotopic (exact) mass is 240 g/mol. The van der Waals surface area contributed by atoms with E-state index in [9.17, 15) is 4.39 Å². The van der Waals surface area contributed by atoms with Crippen LogP contribution in [-0.2, 0) is 0 Å². The summed E-state index contributed by atoms with van der Waals surface area (Å²) in [5.74, 6) is 4.64. The fourth-order valence-electron chi connectivity index (χ4n) is 0.615. The summed E-state index contributed by atoms with van der Waals surface area (Å²) in [7, 11) is 0. The molecule has 0 aliphatic carbocycles. The van der Waals surface area contributed by atoms with Crippen molar-refractivity contribution in [3.05, 3.63) is 28.5 Å². The Morgan fingerprint density at radius 3 is 2.55 bits per heavy atom. The van der Waals surface area contributed by atoms with Crippen LogP contribution in [0.1, 0.15) is 0 Å². The third-order valence-electron chi connectivity index (χ3n) is 1.11. The number of hydrogen-bond donors (Lipinski definition) is 2. The minimum Gasteiger partial charge on any atom is -0.321 e. The Morgan fingerprint density at radius 1 is 1.45 bits per heavy atom. The molecule has 2 nitrogen and oxygen atoms in total. The number of benzene rings is 1. The molecule has 0 saturated carbocycles. The van der Waals surface area contributed by atoms with Crippen molar-refractivity contribution in [3.63, 3.8) is 0 Å². The second-order valence-corrected chi connectivity index (χ2v) is 2.60. The first-order valence-electron chi connectivity index (χ1n) is 2.66. The van der Waals surface area contributed by atoms with Gasteiger partial charge in [-0.05, 0) is 28.1 Å². The molecule has 0 aliphatic heterocycles. The van der Waals surface area contributed by atoms with Crippen LogP contribution in [0.2, 0.25) is 0 Å². The zero-order chi connectivity index (χ0) is 7.56. The first kappa shape index (κ1) is 10.7. The number of anilines is 1. The van der Waals surface area contributed by atoms with Gasteiger partial charge in [0, 0.05) is 0 Å². The van der Waals surface area contributed by atoms with Crippen molar-refractivity contribution in [2.24, 2.45) is 5.84 Å². The largest absolute Gasteiger partial charge is 0.321 e. The van der Waals surface area contributed by atoms with E-state index in [1.54, 1.807) is 18.2 Å². The second-order valence-electron chi connectivity index (χ2n) is 1.75. The lowest BCUT2D eigenvalue weighted by Gasteiger charge is -2.01. The Hall–Kier alpha value is -0.320. The van der Waals surface area contributed by atoms with Crippen molar-refractivity contribution in [1.29, 1.82) is 0 Å². The highest BCUT2D eigenvalue weighted by atomic mass is 79.9. The zero-order valence-corrected chi connectivity index (χ0v) is 7.88. The van der Waals surface area contributed by atoms with Gasteiger partial charge >= 0.3 is 0 Å². The van der Waals surface area contributed by atoms with Gasteiger partial charge in [-0.3, -0.25) is 5.84 Å². The zero-order valence-electron chi connectivity index (χ0n) is 5.47. The van der Waals surface area contributed by atoms with Gasteiger partial charge in [0.2, 0.25) is 0 Å². The van der Waals surface area contributed by atoms with Crippen LogP contribution in [-0.4, -0.2) is 0 Å². The third-order valence-corrected chi connectivity index (χ3v) is 1.72. The number of hydrogen-bond acceptors (Lipinski definition) is 2. The van der Waals surface area contributed by atoms with Crippen LogP contribution in [0.3, 0.4) is 0 Å². The Balaban J connectivity index is 0.000001000. The molecule has 0 unspecified atom stereocenters. The first-order chi connectivity index (χ1) is 4.75. The molecule has 0 aliphatic rings. The topological polar surface area (TPSA) is 38.0 Å². The fourth-order valence-corrected chi connectivity index (χ4v) is 0.981. The highest BCUT2D eigenvalue weighted by molar-refractivity contribution is 9.10. The summed E-state index contributed by atoms with van der Waals surface area (Å²) in [4.78, 5) is 0. The molecule has 1 aromatic rings. The van der Waals surface area contributed by atoms with Crippen molar-refractivity contribution >= 4 is 34.0 Å². The Morgan fingerprint density at radius 2 is 2.09 bits per heavy atom. The molecule has 1 aromatic carbocycles. The molecule has 0 aromatic heterocycles. The summed E-state index contributed by atoms with van der Waals surface area (Å²) >= 11 is 3.02. The van der Waals surface area contributed by atoms with Gasteiger partial charge in [0.25, 0.3) is 0 Å². The molecule has 11 heavy (non-hydrogen) atoms. The fraction of sp³-hybridized carbons (Fsp3) is 0. The molecule has 5 heteroatoms. The van der Waals surface area contributed by atoms with E-state index in [4.69, 9.17) is 5.84 Å². The molecule has 0 saturated heterocycles. The molecule has 0 heterocycles. The van der Waals surface area contributed by atoms with E-state index in [0.717, 1.165) is 0 Å². The number of nitrogens with two attached hydrogens (primary N) is 1. The minimum absolute atomic E-state index is 0. The molecule has 3 N–H and O–H groups in total. The van der Waals surface area contributed by atoms with Gasteiger partial charge in [-0.2, -0.15) is 0 Å². The molecule has 0 atom stereocenters. The lowest BCUT2D eigenvalue weighted by Crippen LogP contribution is -2.08. The minimum atomic E-state index is -0.370. The van der Waals surface area contributed by atoms with E-state index in [-0.39, 0.29) is 23.9 Å². The van der Waals surface area contributed by atoms with Crippen LogP contribution in [0.5, 0.6) is 0 Å². The highest BCUT2D eigenvalue weighted by Crippen LogP contribution is 2.21. The maximum atomic E-state index is 12.8. The lowest BCUT2D eigenvalue weighted by molar-refractivity contribution is 0.624. The van der Waals surface area contributed by atoms with Gasteiger partial charge in [-0.1, -0.05) is 6.07 Å². The van der Waals surface area contributed by atoms with Gasteiger partial charge in [0.15, 0.2) is 5.82 Å². The maximum Gasteiger partial charge on any atom is 0.161 e. The maximum absolute atomic E-state index is 12.8. The number of hydrazine groups is 1. The summed E-state index contributed by atoms with van der Waals surface area (Å²) in [6, 6.07) is 4.86. The van der Waals surface area contributed by atoms with E-state index in [0.29, 0.717) is 4.47 Å². The SMILES string of the molecule is Cl.NNc1cccc(Br)c1F. The van der Waals surface area contributed by atoms with Gasteiger partial charge < -0.3 is 5.43 Å². The van der Waals surface area contributed by atoms with Crippen LogP contribution in [0.25, 0.3) is 0 Å². The summed E-state index contributed by atoms with van der Waals surface area (Å²) in [6.45, 7) is 0. The summed E-state index contributed by atoms with van der Waals surface area (Å²) < 4.78 is 13.2. The smallest absolute Gasteiger partial charge is 0.161 e. The van der Waals surface area contributed by atoms with Gasteiger partial charge in [0.1, 0.15) is 0 Å². The van der Waals surface area contributed by atoms with Gasteiger partial charge in [0.05, 0.1) is 10.2 Å². The normalized spacial score (nSPS) is 8.64. The molecular formula is C6H7BrClFN2. The Kier molecular flexibility index (Phi) is 4.40. The highest BCUT2D eigenvalue weighted by Gasteiger charge is 2.01. The molecule has 0 spiro atoms. The van der Waals surface area contributed by atoms with E-state index in [1.165, 1.54) is 0 Å². The van der Waals surface area contributed by atoms with Crippen LogP contribution < -0.4 is 11.3 Å². The molecular weight excluding hydrogens is 234 g/mol. The average Bonchev–Trinajstić information content (AvgIpc) is 1.95. The predicted molar refractivity (Wildman–Crippen MR) is 49.2 cm³/mol. The van der Waals surface area contributed by atoms with E-state index in [2.05, 4.69) is 21.4 Å². The van der Waals surface area contributed by atoms with Crippen LogP contribution >= 0.6 is 28.3 Å². The molecule has 0 fully saturated rings. The first-order valence-corrected chi connectivity index (χ1v) is 3.45. The Bertz CT molecular complexity index is 244. The van der Waals surface area contributed by atoms with Crippen LogP contribution in [0.15, 0.2) is 22.7 Å². The van der Waals surface area contributed by atoms with E-state index < -0.39 is 0 Å². The van der Waals surface area contributed by atoms with Gasteiger partial charge in [-0.25, -0.2) is 4.39 Å². The number of halogens is 3. The molecule has 62 valence electrons. The van der Waals surface area contributed by atoms with Crippen molar-refractivity contribution < 1.29 is 4.39 Å². The molecule has 0 amide bonds. The van der Waals surface area contributed by atoms with Gasteiger partial charge in [-0.15, -0.1) is 12.4 Å². The number of nitrogens with one attached hydrogen (secondary N) is 1. The van der Waals surface area contributed by atoms with Crippen LogP contribution in [0, 0.1) is 5.82 Å². The lowest BCUT2D eigenvalue weighted by atomic mass is 10.3. The van der Waals surface area contributed by atoms with E-state index in [1.807, 2.05) is 0 Å². The van der Waals surface area contributed by atoms with Crippen molar-refractivity contribution in [1.82, 2.24) is 0 Å². The summed E-state index contributed by atoms with van der Waals surface area (Å²) in [5, 5.41) is 0. The Labute approximate surface area is 78.5 Å². The van der Waals surface area contributed by atoms with E-state index >= 15 is 0 Å². The van der Waals surface area contributed by atoms with Crippen molar-refractivity contribution in [2.75, 3.05) is 5.43 Å². The number of rotatable bonds is 1. The average molecular weight is 241 g/mol. The van der Waals surface area contributed by atoms with Crippen LogP contribution in [0.4, 0.5) is 10.1 Å². The summed E-state index contributed by atoms with van der Waals surface area (Å²) in [5.41, 5.74) is 2.52. The molecule has 0 radical (unpaired) electrons. The van der Waals surface area contributed by atoms with Crippen molar-refractivity contribution in [2.45, 2.75) is 0 Å². The quantitative estimate of drug-likeness (QED) is 0.585. The second kappa shape index (κ2) is 4.54. The third kappa shape index (κ3) is 2.32. The molecule has 0 bridgehead atoms. The number of nitrogen functional groups attached to an aromatic ring is 1. The predicted octanol–water partition coefficient (Wildman–Crippen LogP) is 2.30. The summed E-state index contributed by atoms with van der Waals surface area (Å²) in [6.07, 6.45) is 0.